The lowest BCUT2D eigenvalue weighted by atomic mass is 9.92. The van der Waals surface area contributed by atoms with E-state index < -0.39 is 18.0 Å². The Morgan fingerprint density at radius 3 is 2.11 bits per heavy atom. The number of benzene rings is 3. The largest absolute Gasteiger partial charge is 0.494 e. The van der Waals surface area contributed by atoms with Crippen LogP contribution >= 0.6 is 0 Å². The summed E-state index contributed by atoms with van der Waals surface area (Å²) in [6.45, 7) is 6.43. The molecule has 4 N–H and O–H groups in total. The second-order valence-electron chi connectivity index (χ2n) is 9.13. The van der Waals surface area contributed by atoms with Gasteiger partial charge >= 0.3 is 0 Å². The lowest BCUT2D eigenvalue weighted by Gasteiger charge is -2.27. The van der Waals surface area contributed by atoms with Gasteiger partial charge in [0.25, 0.3) is 5.91 Å². The van der Waals surface area contributed by atoms with E-state index in [-0.39, 0.29) is 17.6 Å². The summed E-state index contributed by atoms with van der Waals surface area (Å²) in [6.07, 6.45) is 0.817. The van der Waals surface area contributed by atoms with Gasteiger partial charge in [0, 0.05) is 35.3 Å². The Bertz CT molecular complexity index is 1160. The van der Waals surface area contributed by atoms with Crippen molar-refractivity contribution in [1.29, 1.82) is 0 Å². The molecule has 8 heteroatoms. The molecular formula is C30H36FN3O4. The van der Waals surface area contributed by atoms with Crippen molar-refractivity contribution in [2.45, 2.75) is 45.7 Å². The number of anilines is 1. The number of nitrogens with one attached hydrogen (secondary N) is 2. The van der Waals surface area contributed by atoms with Crippen LogP contribution in [0.3, 0.4) is 0 Å². The van der Waals surface area contributed by atoms with E-state index in [2.05, 4.69) is 10.6 Å². The van der Waals surface area contributed by atoms with Crippen LogP contribution in [0.5, 0.6) is 11.5 Å². The first kappa shape index (κ1) is 28.7. The molecule has 2 amide bonds. The van der Waals surface area contributed by atoms with E-state index in [1.807, 2.05) is 44.2 Å². The first-order chi connectivity index (χ1) is 18.3. The van der Waals surface area contributed by atoms with Gasteiger partial charge in [0.05, 0.1) is 13.2 Å². The molecular weight excluding hydrogens is 485 g/mol. The summed E-state index contributed by atoms with van der Waals surface area (Å²) in [5, 5.41) is 5.86. The van der Waals surface area contributed by atoms with Crippen LogP contribution in [-0.4, -0.2) is 37.1 Å². The molecule has 3 rings (SSSR count). The maximum absolute atomic E-state index is 13.4. The van der Waals surface area contributed by atoms with E-state index in [9.17, 15) is 14.0 Å². The number of ether oxygens (including phenoxy) is 2. The number of carbonyl (C=O) groups excluding carboxylic acids is 2. The van der Waals surface area contributed by atoms with Crippen LogP contribution < -0.4 is 25.8 Å². The minimum atomic E-state index is -0.519. The SMILES string of the molecule is CCOc1cc(OCC)cc(C(=O)N[C@@H](Cc2ccccc2)[C@@H](N)C[C@@H](C)C(=O)Nc2ccc(F)cc2)c1. The molecule has 0 heterocycles. The molecule has 0 spiro atoms. The number of carbonyl (C=O) groups is 2. The molecule has 0 aromatic heterocycles. The van der Waals surface area contributed by atoms with Gasteiger partial charge in [-0.1, -0.05) is 37.3 Å². The average Bonchev–Trinajstić information content (AvgIpc) is 2.90. The third kappa shape index (κ3) is 8.59. The fourth-order valence-corrected chi connectivity index (χ4v) is 4.11. The Hall–Kier alpha value is -3.91. The Kier molecular flexibility index (Phi) is 10.7. The number of hydrogen-bond acceptors (Lipinski definition) is 5. The van der Waals surface area contributed by atoms with Crippen LogP contribution in [0.1, 0.15) is 43.1 Å². The third-order valence-electron chi connectivity index (χ3n) is 6.08. The monoisotopic (exact) mass is 521 g/mol. The standard InChI is InChI=1S/C30H36FN3O4/c1-4-37-25-17-22(18-26(19-25)38-5-2)30(36)34-28(16-21-9-7-6-8-10-21)27(32)15-20(3)29(35)33-24-13-11-23(31)12-14-24/h6-14,17-20,27-28H,4-5,15-16,32H2,1-3H3,(H,33,35)(H,34,36)/t20-,27+,28+/m1/s1. The van der Waals surface area contributed by atoms with Gasteiger partial charge in [-0.05, 0) is 68.7 Å². The number of nitrogens with two attached hydrogens (primary N) is 1. The fraction of sp³-hybridized carbons (Fsp3) is 0.333. The highest BCUT2D eigenvalue weighted by molar-refractivity contribution is 5.95. The van der Waals surface area contributed by atoms with Crippen molar-refractivity contribution in [2.75, 3.05) is 18.5 Å². The Morgan fingerprint density at radius 2 is 1.53 bits per heavy atom. The third-order valence-corrected chi connectivity index (χ3v) is 6.08. The predicted octanol–water partition coefficient (Wildman–Crippen LogP) is 4.96. The van der Waals surface area contributed by atoms with Gasteiger partial charge in [0.2, 0.25) is 5.91 Å². The van der Waals surface area contributed by atoms with Crippen LogP contribution in [-0.2, 0) is 11.2 Å². The van der Waals surface area contributed by atoms with Gasteiger partial charge in [-0.15, -0.1) is 0 Å². The fourth-order valence-electron chi connectivity index (χ4n) is 4.11. The summed E-state index contributed by atoms with van der Waals surface area (Å²) < 4.78 is 24.4. The molecule has 0 unspecified atom stereocenters. The topological polar surface area (TPSA) is 103 Å². The number of hydrogen-bond donors (Lipinski definition) is 3. The van der Waals surface area contributed by atoms with E-state index in [0.717, 1.165) is 5.56 Å². The molecule has 0 aliphatic rings. The highest BCUT2D eigenvalue weighted by Gasteiger charge is 2.26. The van der Waals surface area contributed by atoms with Gasteiger partial charge in [-0.25, -0.2) is 4.39 Å². The molecule has 0 bridgehead atoms. The van der Waals surface area contributed by atoms with Crippen molar-refractivity contribution < 1.29 is 23.5 Å². The van der Waals surface area contributed by atoms with Gasteiger partial charge < -0.3 is 25.8 Å². The molecule has 0 fully saturated rings. The highest BCUT2D eigenvalue weighted by atomic mass is 19.1. The lowest BCUT2D eigenvalue weighted by molar-refractivity contribution is -0.119. The van der Waals surface area contributed by atoms with Crippen molar-refractivity contribution >= 4 is 17.5 Å². The molecule has 0 saturated heterocycles. The van der Waals surface area contributed by atoms with Gasteiger partial charge in [-0.2, -0.15) is 0 Å². The number of halogens is 1. The van der Waals surface area contributed by atoms with E-state index >= 15 is 0 Å². The van der Waals surface area contributed by atoms with Gasteiger partial charge in [-0.3, -0.25) is 9.59 Å². The molecule has 3 aromatic carbocycles. The molecule has 0 radical (unpaired) electrons. The molecule has 3 aromatic rings. The van der Waals surface area contributed by atoms with Crippen molar-refractivity contribution in [3.63, 3.8) is 0 Å². The molecule has 202 valence electrons. The Labute approximate surface area is 223 Å². The molecule has 38 heavy (non-hydrogen) atoms. The maximum atomic E-state index is 13.4. The summed E-state index contributed by atoms with van der Waals surface area (Å²) in [7, 11) is 0. The summed E-state index contributed by atoms with van der Waals surface area (Å²) in [4.78, 5) is 26.1. The van der Waals surface area contributed by atoms with E-state index in [0.29, 0.717) is 48.8 Å². The molecule has 7 nitrogen and oxygen atoms in total. The Morgan fingerprint density at radius 1 is 0.921 bits per heavy atom. The predicted molar refractivity (Wildman–Crippen MR) is 147 cm³/mol. The zero-order valence-electron chi connectivity index (χ0n) is 22.1. The average molecular weight is 522 g/mol. The summed E-state index contributed by atoms with van der Waals surface area (Å²) in [5.74, 6) is -0.291. The minimum absolute atomic E-state index is 0.234. The van der Waals surface area contributed by atoms with E-state index in [1.165, 1.54) is 24.3 Å². The van der Waals surface area contributed by atoms with Gasteiger partial charge in [0.1, 0.15) is 17.3 Å². The van der Waals surface area contributed by atoms with Crippen LogP contribution in [0, 0.1) is 11.7 Å². The first-order valence-corrected chi connectivity index (χ1v) is 12.9. The highest BCUT2D eigenvalue weighted by Crippen LogP contribution is 2.24. The Balaban J connectivity index is 1.76. The van der Waals surface area contributed by atoms with E-state index in [4.69, 9.17) is 15.2 Å². The molecule has 0 aliphatic carbocycles. The zero-order chi connectivity index (χ0) is 27.5. The van der Waals surface area contributed by atoms with Crippen LogP contribution in [0.25, 0.3) is 0 Å². The normalized spacial score (nSPS) is 13.2. The zero-order valence-corrected chi connectivity index (χ0v) is 22.1. The summed E-state index contributed by atoms with van der Waals surface area (Å²) >= 11 is 0. The van der Waals surface area contributed by atoms with Crippen molar-refractivity contribution in [3.05, 3.63) is 89.7 Å². The van der Waals surface area contributed by atoms with Crippen LogP contribution in [0.4, 0.5) is 10.1 Å². The number of amides is 2. The second-order valence-corrected chi connectivity index (χ2v) is 9.13. The second kappa shape index (κ2) is 14.1. The lowest BCUT2D eigenvalue weighted by Crippen LogP contribution is -2.50. The maximum Gasteiger partial charge on any atom is 0.251 e. The van der Waals surface area contributed by atoms with Crippen molar-refractivity contribution in [1.82, 2.24) is 5.32 Å². The van der Waals surface area contributed by atoms with Gasteiger partial charge in [0.15, 0.2) is 0 Å². The van der Waals surface area contributed by atoms with Crippen molar-refractivity contribution in [2.24, 2.45) is 11.7 Å². The van der Waals surface area contributed by atoms with Crippen LogP contribution in [0.15, 0.2) is 72.8 Å². The van der Waals surface area contributed by atoms with Crippen LogP contribution in [0.2, 0.25) is 0 Å². The molecule has 3 atom stereocenters. The quantitative estimate of drug-likeness (QED) is 0.295. The summed E-state index contributed by atoms with van der Waals surface area (Å²) in [5.41, 5.74) is 8.51. The summed E-state index contributed by atoms with van der Waals surface area (Å²) in [6, 6.07) is 19.4. The smallest absolute Gasteiger partial charge is 0.251 e. The first-order valence-electron chi connectivity index (χ1n) is 12.9. The van der Waals surface area contributed by atoms with Crippen molar-refractivity contribution in [3.8, 4) is 11.5 Å². The number of rotatable bonds is 13. The van der Waals surface area contributed by atoms with E-state index in [1.54, 1.807) is 25.1 Å². The molecule has 0 saturated carbocycles. The minimum Gasteiger partial charge on any atom is -0.494 e. The molecule has 0 aliphatic heterocycles.